The van der Waals surface area contributed by atoms with E-state index in [-0.39, 0.29) is 18.1 Å². The van der Waals surface area contributed by atoms with Gasteiger partial charge in [-0.2, -0.15) is 0 Å². The van der Waals surface area contributed by atoms with Gasteiger partial charge in [0.25, 0.3) is 0 Å². The van der Waals surface area contributed by atoms with Crippen molar-refractivity contribution >= 4 is 11.5 Å². The summed E-state index contributed by atoms with van der Waals surface area (Å²) >= 11 is 0. The fraction of sp³-hybridized carbons (Fsp3) is 0.667. The van der Waals surface area contributed by atoms with Crippen molar-refractivity contribution in [1.82, 2.24) is 4.90 Å². The number of aliphatic hydroxyl groups excluding tert-OH is 1. The van der Waals surface area contributed by atoms with Gasteiger partial charge in [0, 0.05) is 18.0 Å². The van der Waals surface area contributed by atoms with Crippen molar-refractivity contribution in [1.29, 1.82) is 0 Å². The molecule has 3 N–H and O–H groups in total. The summed E-state index contributed by atoms with van der Waals surface area (Å²) in [7, 11) is 1.65. The van der Waals surface area contributed by atoms with Crippen molar-refractivity contribution in [2.75, 3.05) is 19.0 Å². The molecule has 4 saturated heterocycles. The smallest absolute Gasteiger partial charge is 0.177 e. The van der Waals surface area contributed by atoms with Gasteiger partial charge in [-0.25, -0.2) is 0 Å². The molecule has 10 atom stereocenters. The Hall–Kier alpha value is -1.67. The van der Waals surface area contributed by atoms with Crippen LogP contribution in [0.15, 0.2) is 18.2 Å². The van der Waals surface area contributed by atoms with Crippen LogP contribution >= 0.6 is 0 Å². The Kier molecular flexibility index (Phi) is 2.10. The van der Waals surface area contributed by atoms with Gasteiger partial charge in [-0.05, 0) is 30.9 Å². The lowest BCUT2D eigenvalue weighted by molar-refractivity contribution is -0.348. The van der Waals surface area contributed by atoms with E-state index in [2.05, 4.69) is 16.3 Å². The zero-order valence-electron chi connectivity index (χ0n) is 15.5. The van der Waals surface area contributed by atoms with Gasteiger partial charge in [-0.1, -0.05) is 12.1 Å². The van der Waals surface area contributed by atoms with E-state index >= 15 is 0 Å². The van der Waals surface area contributed by atoms with Crippen molar-refractivity contribution < 1.29 is 24.5 Å². The molecule has 0 aromatic heterocycles. The van der Waals surface area contributed by atoms with Crippen LogP contribution in [0, 0.1) is 11.3 Å². The van der Waals surface area contributed by atoms with Crippen LogP contribution in [-0.2, 0) is 14.9 Å². The minimum absolute atomic E-state index is 0.00108. The molecule has 5 aliphatic heterocycles. The number of ether oxygens (including phenoxy) is 2. The summed E-state index contributed by atoms with van der Waals surface area (Å²) in [4.78, 5) is 16.1. The molecule has 0 radical (unpaired) electrons. The third-order valence-electron chi connectivity index (χ3n) is 9.78. The Balaban J connectivity index is 1.56. The number of methoxy groups -OCH3 is 1. The lowest BCUT2D eigenvalue weighted by Gasteiger charge is -2.74. The van der Waals surface area contributed by atoms with Crippen LogP contribution in [0.3, 0.4) is 0 Å². The zero-order valence-corrected chi connectivity index (χ0v) is 15.5. The Labute approximate surface area is 161 Å². The van der Waals surface area contributed by atoms with Crippen molar-refractivity contribution in [3.8, 4) is 5.75 Å². The molecule has 10 rings (SSSR count). The number of piperidine rings is 1. The summed E-state index contributed by atoms with van der Waals surface area (Å²) in [5.41, 5.74) is -1.63. The van der Waals surface area contributed by atoms with E-state index < -0.39 is 40.1 Å². The maximum atomic E-state index is 13.8. The first-order valence-corrected chi connectivity index (χ1v) is 10.3. The lowest BCUT2D eigenvalue weighted by atomic mass is 9.39. The van der Waals surface area contributed by atoms with Crippen LogP contribution in [0.1, 0.15) is 24.8 Å². The number of aliphatic hydroxyl groups is 2. The highest BCUT2D eigenvalue weighted by Gasteiger charge is 2.99. The zero-order chi connectivity index (χ0) is 18.8. The molecule has 5 heterocycles. The Morgan fingerprint density at radius 3 is 3.04 bits per heavy atom. The first kappa shape index (κ1) is 15.2. The molecule has 0 amide bonds. The third kappa shape index (κ3) is 0.962. The van der Waals surface area contributed by atoms with E-state index in [0.717, 1.165) is 30.0 Å². The molecule has 4 saturated carbocycles. The summed E-state index contributed by atoms with van der Waals surface area (Å²) in [5, 5.41) is 27.0. The van der Waals surface area contributed by atoms with Gasteiger partial charge in [-0.3, -0.25) is 9.69 Å². The summed E-state index contributed by atoms with van der Waals surface area (Å²) in [6.45, 7) is 0.726. The number of anilines is 1. The predicted octanol–water partition coefficient (Wildman–Crippen LogP) is -0.00520. The van der Waals surface area contributed by atoms with Crippen molar-refractivity contribution in [3.05, 3.63) is 23.8 Å². The molecule has 1 unspecified atom stereocenters. The van der Waals surface area contributed by atoms with Gasteiger partial charge < -0.3 is 25.0 Å². The number of para-hydroxylation sites is 1. The number of hydrogen-bond acceptors (Lipinski definition) is 7. The number of Topliss-reactive ketones (excluding diaryl/α,β-unsaturated/α-hetero) is 1. The van der Waals surface area contributed by atoms with Gasteiger partial charge >= 0.3 is 0 Å². The van der Waals surface area contributed by atoms with Gasteiger partial charge in [-0.15, -0.1) is 0 Å². The fourth-order valence-electron chi connectivity index (χ4n) is 9.32. The molecule has 4 aliphatic carbocycles. The molecular weight excluding hydrogens is 360 g/mol. The van der Waals surface area contributed by atoms with E-state index in [0.29, 0.717) is 12.8 Å². The number of carbonyl (C=O) groups excluding carboxylic acids is 1. The van der Waals surface area contributed by atoms with Gasteiger partial charge in [0.2, 0.25) is 0 Å². The highest BCUT2D eigenvalue weighted by Crippen LogP contribution is 2.84. The number of nitrogens with one attached hydrogen (secondary N) is 1. The van der Waals surface area contributed by atoms with Gasteiger partial charge in [0.05, 0.1) is 35.8 Å². The van der Waals surface area contributed by atoms with Gasteiger partial charge in [0.15, 0.2) is 11.4 Å². The molecular formula is C21H22N2O5. The number of benzene rings is 1. The molecule has 28 heavy (non-hydrogen) atoms. The molecule has 8 fully saturated rings. The Morgan fingerprint density at radius 1 is 1.36 bits per heavy atom. The molecule has 9 aliphatic rings. The number of hydrogen-bond donors (Lipinski definition) is 3. The number of fused-ring (bicyclic) bond motifs is 2. The number of ketones is 1. The number of nitrogens with zero attached hydrogens (tertiary/aromatic N) is 1. The summed E-state index contributed by atoms with van der Waals surface area (Å²) in [5.74, 6) is 0.248. The molecule has 7 heteroatoms. The normalized spacial score (nSPS) is 60.2. The quantitative estimate of drug-likeness (QED) is 0.630. The van der Waals surface area contributed by atoms with Crippen molar-refractivity contribution in [2.24, 2.45) is 11.3 Å². The Bertz CT molecular complexity index is 1010. The largest absolute Gasteiger partial charge is 0.495 e. The fourth-order valence-corrected chi connectivity index (χ4v) is 9.32. The summed E-state index contributed by atoms with van der Waals surface area (Å²) in [6.07, 6.45) is 0.550. The minimum atomic E-state index is -1.61. The second-order valence-corrected chi connectivity index (χ2v) is 9.85. The highest BCUT2D eigenvalue weighted by atomic mass is 16.5. The molecule has 7 nitrogen and oxygen atoms in total. The first-order valence-electron chi connectivity index (χ1n) is 10.3. The number of rotatable bonds is 1. The van der Waals surface area contributed by atoms with E-state index in [1.54, 1.807) is 7.11 Å². The summed E-state index contributed by atoms with van der Waals surface area (Å²) in [6, 6.07) is 5.98. The predicted molar refractivity (Wildman–Crippen MR) is 95.9 cm³/mol. The van der Waals surface area contributed by atoms with Crippen LogP contribution in [0.25, 0.3) is 0 Å². The maximum absolute atomic E-state index is 13.8. The van der Waals surface area contributed by atoms with Crippen molar-refractivity contribution in [3.63, 3.8) is 0 Å². The van der Waals surface area contributed by atoms with Gasteiger partial charge in [0.1, 0.15) is 18.1 Å². The molecule has 1 aromatic rings. The number of carbonyl (C=O) groups is 1. The van der Waals surface area contributed by atoms with Crippen LogP contribution in [-0.4, -0.2) is 70.2 Å². The van der Waals surface area contributed by atoms with Crippen LogP contribution in [0.4, 0.5) is 5.69 Å². The molecule has 1 aromatic carbocycles. The minimum Gasteiger partial charge on any atom is -0.495 e. The topological polar surface area (TPSA) is 91.3 Å². The van der Waals surface area contributed by atoms with E-state index in [1.807, 2.05) is 12.1 Å². The second kappa shape index (κ2) is 3.86. The molecule has 146 valence electrons. The Morgan fingerprint density at radius 2 is 2.21 bits per heavy atom. The first-order chi connectivity index (χ1) is 13.5. The van der Waals surface area contributed by atoms with E-state index in [9.17, 15) is 15.0 Å². The van der Waals surface area contributed by atoms with Crippen molar-refractivity contribution in [2.45, 2.75) is 60.3 Å². The standard InChI is InChI=1S/C21H22N2O5/c1-27-10-4-2-3-9-13(10)22-19-7-6-18-11(24)5-8-23-15-12(20(9,19)16(18)23)14(25)21(19,26)17(18)28-15/h2-4,11-12,15-17,22,24,26H,5-8H2,1H3/t11-,12-,15+,16-,17+,18+,19-,20-,21+/m0/s1. The van der Waals surface area contributed by atoms with E-state index in [4.69, 9.17) is 9.47 Å². The average Bonchev–Trinajstić information content (AvgIpc) is 3.18. The van der Waals surface area contributed by atoms with Crippen LogP contribution in [0.2, 0.25) is 0 Å². The van der Waals surface area contributed by atoms with E-state index in [1.165, 1.54) is 0 Å². The lowest BCUT2D eigenvalue weighted by Crippen LogP contribution is -2.90. The van der Waals surface area contributed by atoms with Crippen LogP contribution < -0.4 is 10.1 Å². The maximum Gasteiger partial charge on any atom is 0.177 e. The second-order valence-electron chi connectivity index (χ2n) is 9.85. The highest BCUT2D eigenvalue weighted by molar-refractivity contribution is 6.04. The SMILES string of the molecule is COc1cccc2c1N[C@]13CC[C@]45[C@H]6O[C@@H]7[C@H](C(=O)[C@@]61O)[C@]23[C@H]4N7CC[C@@H]5O. The average molecular weight is 382 g/mol. The third-order valence-corrected chi connectivity index (χ3v) is 9.78. The van der Waals surface area contributed by atoms with Crippen LogP contribution in [0.5, 0.6) is 5.75 Å². The molecule has 3 spiro atoms. The summed E-state index contributed by atoms with van der Waals surface area (Å²) < 4.78 is 12.1. The molecule has 9 bridgehead atoms. The monoisotopic (exact) mass is 382 g/mol.